The summed E-state index contributed by atoms with van der Waals surface area (Å²) in [6.07, 6.45) is 14.3. The van der Waals surface area contributed by atoms with E-state index in [0.717, 1.165) is 5.92 Å². The van der Waals surface area contributed by atoms with Gasteiger partial charge in [-0.25, -0.2) is 0 Å². The summed E-state index contributed by atoms with van der Waals surface area (Å²) >= 11 is 0. The van der Waals surface area contributed by atoms with Crippen molar-refractivity contribution < 1.29 is 21.8 Å². The zero-order valence-electron chi connectivity index (χ0n) is 18.0. The quantitative estimate of drug-likeness (QED) is 0.183. The second-order valence-corrected chi connectivity index (χ2v) is 8.22. The summed E-state index contributed by atoms with van der Waals surface area (Å²) in [4.78, 5) is 0. The van der Waals surface area contributed by atoms with Gasteiger partial charge in [0.05, 0.1) is 5.39 Å². The number of aromatic nitrogens is 1. The SMILES string of the molecule is CCCCCc1cc[n+]2c3c(cc(C)cc13)C(CCCCC)CC2.F[B-](F)(F)F. The van der Waals surface area contributed by atoms with Crippen molar-refractivity contribution in [1.82, 2.24) is 0 Å². The minimum absolute atomic E-state index is 0.768. The normalized spacial score (nSPS) is 15.9. The summed E-state index contributed by atoms with van der Waals surface area (Å²) in [6, 6.07) is 7.30. The Balaban J connectivity index is 0.000000537. The highest BCUT2D eigenvalue weighted by atomic mass is 19.5. The van der Waals surface area contributed by atoms with Gasteiger partial charge in [0.25, 0.3) is 0 Å². The van der Waals surface area contributed by atoms with Gasteiger partial charge in [-0.05, 0) is 55.4 Å². The van der Waals surface area contributed by atoms with E-state index in [1.807, 2.05) is 0 Å². The molecule has 0 aliphatic carbocycles. The van der Waals surface area contributed by atoms with Gasteiger partial charge < -0.3 is 17.3 Å². The van der Waals surface area contributed by atoms with E-state index >= 15 is 0 Å². The van der Waals surface area contributed by atoms with Crippen LogP contribution in [0.25, 0.3) is 10.9 Å². The lowest BCUT2D eigenvalue weighted by molar-refractivity contribution is -0.675. The van der Waals surface area contributed by atoms with Crippen LogP contribution in [-0.4, -0.2) is 7.25 Å². The third-order valence-electron chi connectivity index (χ3n) is 5.74. The molecule has 1 aliphatic heterocycles. The monoisotopic (exact) mass is 411 g/mol. The molecule has 0 radical (unpaired) electrons. The van der Waals surface area contributed by atoms with Crippen LogP contribution in [0, 0.1) is 6.92 Å². The molecule has 0 saturated heterocycles. The molecular weight excluding hydrogens is 377 g/mol. The van der Waals surface area contributed by atoms with E-state index in [9.17, 15) is 17.3 Å². The second kappa shape index (κ2) is 11.0. The van der Waals surface area contributed by atoms with Crippen LogP contribution in [0.4, 0.5) is 17.3 Å². The van der Waals surface area contributed by atoms with Gasteiger partial charge in [0.15, 0.2) is 6.20 Å². The molecule has 0 N–H and O–H groups in total. The van der Waals surface area contributed by atoms with Gasteiger partial charge in [-0.2, -0.15) is 4.57 Å². The molecule has 1 aliphatic rings. The zero-order valence-corrected chi connectivity index (χ0v) is 18.0. The van der Waals surface area contributed by atoms with Gasteiger partial charge in [0.1, 0.15) is 6.54 Å². The smallest absolute Gasteiger partial charge is 0.418 e. The summed E-state index contributed by atoms with van der Waals surface area (Å²) < 4.78 is 41.5. The number of pyridine rings is 1. The van der Waals surface area contributed by atoms with Gasteiger partial charge in [0, 0.05) is 18.1 Å². The molecule has 1 aromatic carbocycles. The van der Waals surface area contributed by atoms with Gasteiger partial charge in [-0.1, -0.05) is 46.0 Å². The predicted octanol–water partition coefficient (Wildman–Crippen LogP) is 7.54. The van der Waals surface area contributed by atoms with Crippen molar-refractivity contribution in [2.24, 2.45) is 0 Å². The van der Waals surface area contributed by atoms with Crippen LogP contribution in [0.5, 0.6) is 0 Å². The molecule has 1 atom stereocenters. The lowest BCUT2D eigenvalue weighted by Gasteiger charge is -2.23. The Bertz CT molecular complexity index is 783. The number of rotatable bonds is 8. The van der Waals surface area contributed by atoms with E-state index in [1.54, 1.807) is 16.6 Å². The molecule has 0 fully saturated rings. The number of unbranched alkanes of at least 4 members (excludes halogenated alkanes) is 4. The highest BCUT2D eigenvalue weighted by Gasteiger charge is 2.28. The fraction of sp³-hybridized carbons (Fsp3) is 0.609. The molecule has 1 aromatic heterocycles. The van der Waals surface area contributed by atoms with Crippen LogP contribution in [-0.2, 0) is 13.0 Å². The predicted molar refractivity (Wildman–Crippen MR) is 114 cm³/mol. The first-order chi connectivity index (χ1) is 13.7. The van der Waals surface area contributed by atoms with Crippen LogP contribution in [0.3, 0.4) is 0 Å². The van der Waals surface area contributed by atoms with E-state index in [-0.39, 0.29) is 0 Å². The number of halogens is 4. The first-order valence-corrected chi connectivity index (χ1v) is 11.1. The largest absolute Gasteiger partial charge is 0.673 e. The molecule has 1 nitrogen and oxygen atoms in total. The maximum absolute atomic E-state index is 9.75. The van der Waals surface area contributed by atoms with Crippen molar-refractivity contribution in [3.05, 3.63) is 41.1 Å². The Labute approximate surface area is 172 Å². The molecule has 2 aromatic rings. The molecule has 29 heavy (non-hydrogen) atoms. The maximum atomic E-state index is 9.75. The number of benzene rings is 1. The molecular formula is C23H34BF4N. The molecule has 0 saturated carbocycles. The summed E-state index contributed by atoms with van der Waals surface area (Å²) in [6.45, 7) is 8.07. The highest BCUT2D eigenvalue weighted by molar-refractivity contribution is 6.50. The van der Waals surface area contributed by atoms with Crippen LogP contribution >= 0.6 is 0 Å². The van der Waals surface area contributed by atoms with Crippen LogP contribution < -0.4 is 4.57 Å². The van der Waals surface area contributed by atoms with Crippen LogP contribution in [0.2, 0.25) is 0 Å². The van der Waals surface area contributed by atoms with Gasteiger partial charge in [0.2, 0.25) is 5.52 Å². The Kier molecular flexibility index (Phi) is 8.97. The minimum atomic E-state index is -6.00. The highest BCUT2D eigenvalue weighted by Crippen LogP contribution is 2.35. The minimum Gasteiger partial charge on any atom is -0.418 e. The topological polar surface area (TPSA) is 3.88 Å². The van der Waals surface area contributed by atoms with Crippen LogP contribution in [0.15, 0.2) is 24.4 Å². The number of aryl methyl sites for hydroxylation is 3. The van der Waals surface area contributed by atoms with E-state index in [2.05, 4.69) is 49.7 Å². The molecule has 2 heterocycles. The maximum Gasteiger partial charge on any atom is 0.673 e. The Morgan fingerprint density at radius 3 is 2.31 bits per heavy atom. The summed E-state index contributed by atoms with van der Waals surface area (Å²) in [5.74, 6) is 0.768. The van der Waals surface area contributed by atoms with Crippen molar-refractivity contribution in [1.29, 1.82) is 0 Å². The first kappa shape index (κ1) is 23.7. The van der Waals surface area contributed by atoms with Gasteiger partial charge >= 0.3 is 7.25 Å². The van der Waals surface area contributed by atoms with E-state index in [0.29, 0.717) is 0 Å². The molecule has 0 amide bonds. The molecule has 162 valence electrons. The Morgan fingerprint density at radius 2 is 1.66 bits per heavy atom. The van der Waals surface area contributed by atoms with E-state index in [4.69, 9.17) is 0 Å². The van der Waals surface area contributed by atoms with Crippen molar-refractivity contribution in [2.45, 2.75) is 91.0 Å². The standard InChI is InChI=1S/C23H34N.BF4/c1-4-6-8-10-19-12-14-24-15-13-20(11-9-7-5-2)22-17-18(3)16-21(19)23(22)24;2-1(3,4)5/h12,14,16-17,20H,4-11,13,15H2,1-3H3;/q+1;-1. The lowest BCUT2D eigenvalue weighted by Crippen LogP contribution is -2.39. The average Bonchev–Trinajstić information content (AvgIpc) is 2.63. The van der Waals surface area contributed by atoms with Crippen molar-refractivity contribution in [3.8, 4) is 0 Å². The molecule has 1 unspecified atom stereocenters. The number of nitrogens with zero attached hydrogens (tertiary/aromatic N) is 1. The summed E-state index contributed by atoms with van der Waals surface area (Å²) in [7, 11) is -6.00. The van der Waals surface area contributed by atoms with Crippen molar-refractivity contribution in [3.63, 3.8) is 0 Å². The molecule has 0 bridgehead atoms. The fourth-order valence-electron chi connectivity index (χ4n) is 4.39. The lowest BCUT2D eigenvalue weighted by atomic mass is 9.84. The van der Waals surface area contributed by atoms with E-state index in [1.165, 1.54) is 75.3 Å². The van der Waals surface area contributed by atoms with E-state index < -0.39 is 7.25 Å². The first-order valence-electron chi connectivity index (χ1n) is 11.1. The van der Waals surface area contributed by atoms with Gasteiger partial charge in [-0.15, -0.1) is 0 Å². The van der Waals surface area contributed by atoms with Crippen molar-refractivity contribution >= 4 is 18.2 Å². The fourth-order valence-corrected chi connectivity index (χ4v) is 4.39. The summed E-state index contributed by atoms with van der Waals surface area (Å²) in [5.41, 5.74) is 6.18. The van der Waals surface area contributed by atoms with Crippen molar-refractivity contribution in [2.75, 3.05) is 0 Å². The molecule has 6 heteroatoms. The molecule has 0 spiro atoms. The Hall–Kier alpha value is -1.59. The summed E-state index contributed by atoms with van der Waals surface area (Å²) in [5, 5.41) is 1.53. The average molecular weight is 411 g/mol. The number of hydrogen-bond donors (Lipinski definition) is 0. The zero-order chi connectivity index (χ0) is 21.4. The number of hydrogen-bond acceptors (Lipinski definition) is 0. The second-order valence-electron chi connectivity index (χ2n) is 8.22. The van der Waals surface area contributed by atoms with Crippen LogP contribution in [0.1, 0.15) is 87.8 Å². The van der Waals surface area contributed by atoms with Gasteiger partial charge in [-0.3, -0.25) is 0 Å². The third kappa shape index (κ3) is 7.31. The molecule has 3 rings (SSSR count). The third-order valence-corrected chi connectivity index (χ3v) is 5.74. The Morgan fingerprint density at radius 1 is 1.00 bits per heavy atom.